The van der Waals surface area contributed by atoms with Gasteiger partial charge < -0.3 is 5.32 Å². The van der Waals surface area contributed by atoms with Crippen LogP contribution < -0.4 is 5.32 Å². The number of benzene rings is 1. The Morgan fingerprint density at radius 2 is 2.00 bits per heavy atom. The summed E-state index contributed by atoms with van der Waals surface area (Å²) in [5.74, 6) is 0.722. The Hall–Kier alpha value is -0.640. The maximum absolute atomic E-state index is 3.62. The van der Waals surface area contributed by atoms with Crippen LogP contribution in [0, 0.1) is 0 Å². The fourth-order valence-electron chi connectivity index (χ4n) is 2.17. The summed E-state index contributed by atoms with van der Waals surface area (Å²) >= 11 is 5.30. The van der Waals surface area contributed by atoms with Crippen molar-refractivity contribution in [2.75, 3.05) is 0 Å². The molecule has 17 heavy (non-hydrogen) atoms. The Bertz CT molecular complexity index is 494. The number of halogens is 1. The Kier molecular flexibility index (Phi) is 3.32. The van der Waals surface area contributed by atoms with Crippen LogP contribution in [0.4, 0.5) is 0 Å². The highest BCUT2D eigenvalue weighted by Gasteiger charge is 2.37. The van der Waals surface area contributed by atoms with Gasteiger partial charge in [-0.25, -0.2) is 0 Å². The number of hydrogen-bond donors (Lipinski definition) is 1. The molecule has 1 heterocycles. The minimum absolute atomic E-state index is 0.665. The van der Waals surface area contributed by atoms with Crippen LogP contribution in [0.5, 0.6) is 0 Å². The fourth-order valence-corrected chi connectivity index (χ4v) is 3.60. The average Bonchev–Trinajstić information content (AvgIpc) is 3.03. The standard InChI is InChI=1S/C14H14BrNS/c15-14-7-6-11(17-14)9-16-13-8-12(13)10-4-2-1-3-5-10/h1-7,12-13,16H,8-9H2/t12-,13+/m0/s1. The smallest absolute Gasteiger partial charge is 0.0701 e. The van der Waals surface area contributed by atoms with Gasteiger partial charge in [0.2, 0.25) is 0 Å². The van der Waals surface area contributed by atoms with Crippen molar-refractivity contribution in [3.05, 3.63) is 56.7 Å². The van der Waals surface area contributed by atoms with Crippen molar-refractivity contribution in [2.24, 2.45) is 0 Å². The van der Waals surface area contributed by atoms with Crippen molar-refractivity contribution >= 4 is 27.3 Å². The molecular weight excluding hydrogens is 294 g/mol. The Morgan fingerprint density at radius 3 is 2.71 bits per heavy atom. The molecule has 2 aromatic rings. The van der Waals surface area contributed by atoms with Gasteiger partial charge in [0.05, 0.1) is 3.79 Å². The quantitative estimate of drug-likeness (QED) is 0.894. The van der Waals surface area contributed by atoms with E-state index in [1.807, 2.05) is 11.3 Å². The molecule has 2 atom stereocenters. The lowest BCUT2D eigenvalue weighted by molar-refractivity contribution is 0.679. The molecule has 0 bridgehead atoms. The predicted molar refractivity (Wildman–Crippen MR) is 76.4 cm³/mol. The number of hydrogen-bond acceptors (Lipinski definition) is 2. The van der Waals surface area contributed by atoms with Crippen molar-refractivity contribution in [1.29, 1.82) is 0 Å². The Morgan fingerprint density at radius 1 is 1.18 bits per heavy atom. The van der Waals surface area contributed by atoms with Gasteiger partial charge in [-0.3, -0.25) is 0 Å². The zero-order valence-electron chi connectivity index (χ0n) is 9.40. The summed E-state index contributed by atoms with van der Waals surface area (Å²) in [6.07, 6.45) is 1.27. The molecule has 1 nitrogen and oxygen atoms in total. The van der Waals surface area contributed by atoms with Gasteiger partial charge in [-0.15, -0.1) is 11.3 Å². The first-order valence-electron chi connectivity index (χ1n) is 5.85. The zero-order chi connectivity index (χ0) is 11.7. The van der Waals surface area contributed by atoms with Crippen molar-refractivity contribution in [2.45, 2.75) is 24.9 Å². The second kappa shape index (κ2) is 4.92. The summed E-state index contributed by atoms with van der Waals surface area (Å²) in [5, 5.41) is 3.62. The van der Waals surface area contributed by atoms with E-state index in [0.717, 1.165) is 12.5 Å². The molecule has 1 aromatic heterocycles. The molecule has 1 aliphatic carbocycles. The van der Waals surface area contributed by atoms with E-state index < -0.39 is 0 Å². The third-order valence-corrected chi connectivity index (χ3v) is 4.81. The van der Waals surface area contributed by atoms with Gasteiger partial charge in [-0.2, -0.15) is 0 Å². The van der Waals surface area contributed by atoms with Crippen molar-refractivity contribution in [3.63, 3.8) is 0 Å². The molecule has 3 heteroatoms. The van der Waals surface area contributed by atoms with Gasteiger partial charge >= 0.3 is 0 Å². The Balaban J connectivity index is 1.53. The van der Waals surface area contributed by atoms with Crippen LogP contribution >= 0.6 is 27.3 Å². The maximum Gasteiger partial charge on any atom is 0.0701 e. The molecule has 3 rings (SSSR count). The normalized spacial score (nSPS) is 22.6. The molecule has 1 N–H and O–H groups in total. The SMILES string of the molecule is Brc1ccc(CN[C@@H]2C[C@H]2c2ccccc2)s1. The maximum atomic E-state index is 3.62. The van der Waals surface area contributed by atoms with Gasteiger partial charge in [0, 0.05) is 23.4 Å². The van der Waals surface area contributed by atoms with Gasteiger partial charge in [0.15, 0.2) is 0 Å². The first-order valence-corrected chi connectivity index (χ1v) is 7.46. The number of rotatable bonds is 4. The van der Waals surface area contributed by atoms with Crippen LogP contribution in [0.1, 0.15) is 22.8 Å². The number of thiophene rings is 1. The van der Waals surface area contributed by atoms with Crippen LogP contribution in [0.15, 0.2) is 46.3 Å². The predicted octanol–water partition coefficient (Wildman–Crippen LogP) is 4.16. The van der Waals surface area contributed by atoms with Crippen LogP contribution in [-0.4, -0.2) is 6.04 Å². The molecule has 1 fully saturated rings. The molecular formula is C14H14BrNS. The van der Waals surface area contributed by atoms with E-state index in [1.165, 1.54) is 20.6 Å². The van der Waals surface area contributed by atoms with Crippen molar-refractivity contribution in [3.8, 4) is 0 Å². The minimum Gasteiger partial charge on any atom is -0.308 e. The van der Waals surface area contributed by atoms with Gasteiger partial charge in [-0.05, 0) is 40.0 Å². The van der Waals surface area contributed by atoms with Crippen molar-refractivity contribution < 1.29 is 0 Å². The monoisotopic (exact) mass is 307 g/mol. The minimum atomic E-state index is 0.665. The molecule has 88 valence electrons. The van der Waals surface area contributed by atoms with E-state index in [-0.39, 0.29) is 0 Å². The van der Waals surface area contributed by atoms with E-state index in [9.17, 15) is 0 Å². The van der Waals surface area contributed by atoms with E-state index in [2.05, 4.69) is 63.7 Å². The molecule has 0 saturated heterocycles. The highest BCUT2D eigenvalue weighted by atomic mass is 79.9. The molecule has 0 aliphatic heterocycles. The highest BCUT2D eigenvalue weighted by Crippen LogP contribution is 2.40. The van der Waals surface area contributed by atoms with Crippen LogP contribution in [0.25, 0.3) is 0 Å². The zero-order valence-corrected chi connectivity index (χ0v) is 11.8. The van der Waals surface area contributed by atoms with E-state index in [0.29, 0.717) is 6.04 Å². The summed E-state index contributed by atoms with van der Waals surface area (Å²) in [6, 6.07) is 15.8. The van der Waals surface area contributed by atoms with Crippen LogP contribution in [-0.2, 0) is 6.54 Å². The molecule has 0 unspecified atom stereocenters. The average molecular weight is 308 g/mol. The largest absolute Gasteiger partial charge is 0.308 e. The van der Waals surface area contributed by atoms with E-state index in [4.69, 9.17) is 0 Å². The third kappa shape index (κ3) is 2.79. The lowest BCUT2D eigenvalue weighted by Crippen LogP contribution is -2.16. The van der Waals surface area contributed by atoms with Gasteiger partial charge in [-0.1, -0.05) is 30.3 Å². The Labute approximate surface area is 114 Å². The van der Waals surface area contributed by atoms with E-state index >= 15 is 0 Å². The highest BCUT2D eigenvalue weighted by molar-refractivity contribution is 9.11. The molecule has 0 spiro atoms. The van der Waals surface area contributed by atoms with Gasteiger partial charge in [0.25, 0.3) is 0 Å². The fraction of sp³-hybridized carbons (Fsp3) is 0.286. The van der Waals surface area contributed by atoms with Crippen LogP contribution in [0.3, 0.4) is 0 Å². The van der Waals surface area contributed by atoms with Gasteiger partial charge in [0.1, 0.15) is 0 Å². The topological polar surface area (TPSA) is 12.0 Å². The van der Waals surface area contributed by atoms with Crippen LogP contribution in [0.2, 0.25) is 0 Å². The summed E-state index contributed by atoms with van der Waals surface area (Å²) in [4.78, 5) is 1.40. The molecule has 1 saturated carbocycles. The second-order valence-electron chi connectivity index (χ2n) is 4.45. The summed E-state index contributed by atoms with van der Waals surface area (Å²) in [6.45, 7) is 0.990. The summed E-state index contributed by atoms with van der Waals surface area (Å²) in [7, 11) is 0. The molecule has 1 aromatic carbocycles. The first kappa shape index (κ1) is 11.5. The first-order chi connectivity index (χ1) is 8.33. The lowest BCUT2D eigenvalue weighted by Gasteiger charge is -2.02. The van der Waals surface area contributed by atoms with Crippen molar-refractivity contribution in [1.82, 2.24) is 5.32 Å². The summed E-state index contributed by atoms with van der Waals surface area (Å²) < 4.78 is 1.21. The molecule has 0 amide bonds. The third-order valence-electron chi connectivity index (χ3n) is 3.19. The summed E-state index contributed by atoms with van der Waals surface area (Å²) in [5.41, 5.74) is 1.47. The lowest BCUT2D eigenvalue weighted by atomic mass is 10.1. The molecule has 0 radical (unpaired) electrons. The number of nitrogens with one attached hydrogen (secondary N) is 1. The second-order valence-corrected chi connectivity index (χ2v) is 6.99. The molecule has 1 aliphatic rings. The van der Waals surface area contributed by atoms with E-state index in [1.54, 1.807) is 0 Å².